The molecule has 0 saturated carbocycles. The number of nitrogens with zero attached hydrogens (tertiary/aromatic N) is 2. The Morgan fingerprint density at radius 3 is 2.38 bits per heavy atom. The summed E-state index contributed by atoms with van der Waals surface area (Å²) >= 11 is 0. The quantitative estimate of drug-likeness (QED) is 0.793. The van der Waals surface area contributed by atoms with Gasteiger partial charge in [-0.25, -0.2) is 0 Å². The molecule has 1 atom stereocenters. The van der Waals surface area contributed by atoms with Gasteiger partial charge in [-0.15, -0.1) is 0 Å². The van der Waals surface area contributed by atoms with E-state index in [1.807, 2.05) is 36.1 Å². The highest BCUT2D eigenvalue weighted by molar-refractivity contribution is 5.94. The van der Waals surface area contributed by atoms with E-state index in [4.69, 9.17) is 9.47 Å². The van der Waals surface area contributed by atoms with Crippen molar-refractivity contribution in [1.82, 2.24) is 9.80 Å². The highest BCUT2D eigenvalue weighted by atomic mass is 16.5. The summed E-state index contributed by atoms with van der Waals surface area (Å²) in [7, 11) is 3.36. The minimum atomic E-state index is 0.151. The Kier molecular flexibility index (Phi) is 5.76. The molecule has 1 unspecified atom stereocenters. The van der Waals surface area contributed by atoms with Crippen LogP contribution in [0.4, 0.5) is 0 Å². The Morgan fingerprint density at radius 2 is 1.69 bits per heavy atom. The zero-order valence-electron chi connectivity index (χ0n) is 17.6. The van der Waals surface area contributed by atoms with Gasteiger partial charge in [-0.1, -0.05) is 17.7 Å². The lowest BCUT2D eigenvalue weighted by atomic mass is 9.95. The highest BCUT2D eigenvalue weighted by Crippen LogP contribution is 2.34. The molecule has 0 radical (unpaired) electrons. The second-order valence-electron chi connectivity index (χ2n) is 8.11. The summed E-state index contributed by atoms with van der Waals surface area (Å²) in [5, 5.41) is 0. The van der Waals surface area contributed by atoms with Crippen molar-refractivity contribution in [3.63, 3.8) is 0 Å². The maximum atomic E-state index is 13.0. The normalized spacial score (nSPS) is 19.6. The van der Waals surface area contributed by atoms with E-state index in [0.29, 0.717) is 6.04 Å². The van der Waals surface area contributed by atoms with E-state index in [-0.39, 0.29) is 5.91 Å². The molecule has 29 heavy (non-hydrogen) atoms. The van der Waals surface area contributed by atoms with Crippen molar-refractivity contribution < 1.29 is 14.3 Å². The van der Waals surface area contributed by atoms with Gasteiger partial charge in [0.1, 0.15) is 0 Å². The lowest BCUT2D eigenvalue weighted by Gasteiger charge is -2.41. The molecular formula is C24H30N2O3. The van der Waals surface area contributed by atoms with E-state index in [1.54, 1.807) is 14.2 Å². The van der Waals surface area contributed by atoms with Crippen LogP contribution in [0.1, 0.15) is 39.9 Å². The van der Waals surface area contributed by atoms with Gasteiger partial charge in [0.2, 0.25) is 0 Å². The summed E-state index contributed by atoms with van der Waals surface area (Å²) in [5.74, 6) is 1.73. The van der Waals surface area contributed by atoms with Gasteiger partial charge in [-0.05, 0) is 61.6 Å². The minimum Gasteiger partial charge on any atom is -0.493 e. The molecule has 0 spiro atoms. The number of hydrogen-bond acceptors (Lipinski definition) is 4. The van der Waals surface area contributed by atoms with Gasteiger partial charge in [0.25, 0.3) is 5.91 Å². The average molecular weight is 395 g/mol. The number of amides is 1. The van der Waals surface area contributed by atoms with Crippen LogP contribution in [0.5, 0.6) is 11.5 Å². The van der Waals surface area contributed by atoms with Crippen molar-refractivity contribution in [3.05, 3.63) is 58.7 Å². The molecule has 5 heteroatoms. The number of carbonyl (C=O) groups is 1. The number of benzene rings is 2. The van der Waals surface area contributed by atoms with Crippen LogP contribution in [0.2, 0.25) is 0 Å². The molecule has 2 aliphatic heterocycles. The number of aryl methyl sites for hydroxylation is 1. The topological polar surface area (TPSA) is 42.0 Å². The molecule has 0 bridgehead atoms. The fourth-order valence-electron chi connectivity index (χ4n) is 4.53. The summed E-state index contributed by atoms with van der Waals surface area (Å²) in [6.07, 6.45) is 3.19. The third-order valence-corrected chi connectivity index (χ3v) is 6.25. The van der Waals surface area contributed by atoms with Crippen LogP contribution in [-0.2, 0) is 13.0 Å². The Bertz CT molecular complexity index is 878. The standard InChI is InChI=1S/C24H30N2O3/c1-17-6-8-18(9-7-17)24(27)26-11-4-5-21(16-26)25-12-10-19-13-22(28-2)23(29-3)14-20(19)15-25/h6-9,13-14,21H,4-5,10-12,15-16H2,1-3H3. The number of rotatable bonds is 4. The predicted molar refractivity (Wildman–Crippen MR) is 114 cm³/mol. The molecule has 4 rings (SSSR count). The lowest BCUT2D eigenvalue weighted by Crippen LogP contribution is -2.51. The van der Waals surface area contributed by atoms with Gasteiger partial charge in [-0.2, -0.15) is 0 Å². The first-order valence-corrected chi connectivity index (χ1v) is 10.4. The largest absolute Gasteiger partial charge is 0.493 e. The summed E-state index contributed by atoms with van der Waals surface area (Å²) in [6, 6.07) is 12.5. The first-order valence-electron chi connectivity index (χ1n) is 10.4. The van der Waals surface area contributed by atoms with Crippen LogP contribution in [0.3, 0.4) is 0 Å². The van der Waals surface area contributed by atoms with Crippen molar-refractivity contribution in [2.45, 2.75) is 38.8 Å². The number of likely N-dealkylation sites (tertiary alicyclic amines) is 1. The molecular weight excluding hydrogens is 364 g/mol. The second kappa shape index (κ2) is 8.46. The average Bonchev–Trinajstić information content (AvgIpc) is 2.77. The van der Waals surface area contributed by atoms with E-state index < -0.39 is 0 Å². The van der Waals surface area contributed by atoms with Crippen LogP contribution in [0.25, 0.3) is 0 Å². The maximum absolute atomic E-state index is 13.0. The summed E-state index contributed by atoms with van der Waals surface area (Å²) in [5.41, 5.74) is 4.60. The third-order valence-electron chi connectivity index (χ3n) is 6.25. The fraction of sp³-hybridized carbons (Fsp3) is 0.458. The molecule has 2 aromatic carbocycles. The molecule has 0 N–H and O–H groups in total. The number of fused-ring (bicyclic) bond motifs is 1. The molecule has 2 heterocycles. The van der Waals surface area contributed by atoms with E-state index in [2.05, 4.69) is 17.0 Å². The molecule has 1 fully saturated rings. The molecule has 1 amide bonds. The maximum Gasteiger partial charge on any atom is 0.253 e. The molecule has 1 saturated heterocycles. The molecule has 0 aromatic heterocycles. The summed E-state index contributed by atoms with van der Waals surface area (Å²) < 4.78 is 10.9. The van der Waals surface area contributed by atoms with Crippen LogP contribution >= 0.6 is 0 Å². The van der Waals surface area contributed by atoms with Gasteiger partial charge in [0.15, 0.2) is 11.5 Å². The first kappa shape index (κ1) is 19.8. The van der Waals surface area contributed by atoms with Crippen LogP contribution < -0.4 is 9.47 Å². The summed E-state index contributed by atoms with van der Waals surface area (Å²) in [4.78, 5) is 17.5. The van der Waals surface area contributed by atoms with Crippen molar-refractivity contribution in [1.29, 1.82) is 0 Å². The monoisotopic (exact) mass is 394 g/mol. The predicted octanol–water partition coefficient (Wildman–Crippen LogP) is 3.68. The van der Waals surface area contributed by atoms with Crippen molar-refractivity contribution in [2.75, 3.05) is 33.9 Å². The molecule has 154 valence electrons. The van der Waals surface area contributed by atoms with E-state index in [9.17, 15) is 4.79 Å². The molecule has 2 aliphatic rings. The van der Waals surface area contributed by atoms with E-state index >= 15 is 0 Å². The molecule has 5 nitrogen and oxygen atoms in total. The molecule has 2 aromatic rings. The Hall–Kier alpha value is -2.53. The number of methoxy groups -OCH3 is 2. The number of carbonyl (C=O) groups excluding carboxylic acids is 1. The number of ether oxygens (including phenoxy) is 2. The smallest absolute Gasteiger partial charge is 0.253 e. The Labute approximate surface area is 173 Å². The zero-order chi connectivity index (χ0) is 20.4. The number of piperidine rings is 1. The van der Waals surface area contributed by atoms with Gasteiger partial charge in [-0.3, -0.25) is 9.69 Å². The van der Waals surface area contributed by atoms with E-state index in [1.165, 1.54) is 16.7 Å². The van der Waals surface area contributed by atoms with Gasteiger partial charge in [0, 0.05) is 37.8 Å². The number of hydrogen-bond donors (Lipinski definition) is 0. The van der Waals surface area contributed by atoms with Crippen LogP contribution in [-0.4, -0.2) is 55.6 Å². The first-order chi connectivity index (χ1) is 14.1. The second-order valence-corrected chi connectivity index (χ2v) is 8.11. The molecule has 0 aliphatic carbocycles. The fourth-order valence-corrected chi connectivity index (χ4v) is 4.53. The highest BCUT2D eigenvalue weighted by Gasteiger charge is 2.30. The van der Waals surface area contributed by atoms with Crippen LogP contribution in [0, 0.1) is 6.92 Å². The van der Waals surface area contributed by atoms with Crippen LogP contribution in [0.15, 0.2) is 36.4 Å². The Morgan fingerprint density at radius 1 is 1.00 bits per heavy atom. The summed E-state index contributed by atoms with van der Waals surface area (Å²) in [6.45, 7) is 5.60. The zero-order valence-corrected chi connectivity index (χ0v) is 17.6. The van der Waals surface area contributed by atoms with Crippen molar-refractivity contribution in [2.24, 2.45) is 0 Å². The lowest BCUT2D eigenvalue weighted by molar-refractivity contribution is 0.0548. The van der Waals surface area contributed by atoms with Gasteiger partial charge >= 0.3 is 0 Å². The Balaban J connectivity index is 1.46. The third kappa shape index (κ3) is 4.10. The minimum absolute atomic E-state index is 0.151. The van der Waals surface area contributed by atoms with Gasteiger partial charge in [0.05, 0.1) is 14.2 Å². The SMILES string of the molecule is COc1cc2c(cc1OC)CN(C1CCCN(C(=O)c3ccc(C)cc3)C1)CC2. The van der Waals surface area contributed by atoms with Crippen molar-refractivity contribution in [3.8, 4) is 11.5 Å². The van der Waals surface area contributed by atoms with Gasteiger partial charge < -0.3 is 14.4 Å². The van der Waals surface area contributed by atoms with E-state index in [0.717, 1.165) is 62.5 Å². The van der Waals surface area contributed by atoms with Crippen molar-refractivity contribution >= 4 is 5.91 Å².